The molecule has 0 fully saturated rings. The number of carboxylic acids is 1. The zero-order valence-electron chi connectivity index (χ0n) is 12.5. The topological polar surface area (TPSA) is 86.6 Å². The van der Waals surface area contributed by atoms with Crippen LogP contribution in [0.25, 0.3) is 0 Å². The predicted octanol–water partition coefficient (Wildman–Crippen LogP) is 2.59. The lowest BCUT2D eigenvalue weighted by molar-refractivity contribution is -0.132. The van der Waals surface area contributed by atoms with Gasteiger partial charge in [-0.15, -0.1) is 0 Å². The summed E-state index contributed by atoms with van der Waals surface area (Å²) in [4.78, 5) is 21.7. The summed E-state index contributed by atoms with van der Waals surface area (Å²) in [6.07, 6.45) is 6.30. The van der Waals surface area contributed by atoms with Gasteiger partial charge in [0.1, 0.15) is 0 Å². The highest BCUT2D eigenvalue weighted by Gasteiger charge is 2.18. The zero-order chi connectivity index (χ0) is 16.3. The van der Waals surface area contributed by atoms with Crippen LogP contribution in [0.4, 0.5) is 0 Å². The van der Waals surface area contributed by atoms with Crippen LogP contribution in [0.1, 0.15) is 46.0 Å². The fourth-order valence-corrected chi connectivity index (χ4v) is 1.87. The second-order valence-electron chi connectivity index (χ2n) is 4.78. The summed E-state index contributed by atoms with van der Waals surface area (Å²) in [5, 5.41) is 20.1. The molecule has 0 aromatic carbocycles. The molecule has 0 heterocycles. The number of aliphatic hydroxyl groups excluding tert-OH is 1. The van der Waals surface area contributed by atoms with E-state index in [2.05, 4.69) is 5.32 Å². The third-order valence-electron chi connectivity index (χ3n) is 3.19. The molecule has 1 atom stereocenters. The van der Waals surface area contributed by atoms with E-state index in [1.807, 2.05) is 13.8 Å². The fourth-order valence-electron chi connectivity index (χ4n) is 1.75. The van der Waals surface area contributed by atoms with E-state index in [-0.39, 0.29) is 18.1 Å². The third kappa shape index (κ3) is 9.26. The maximum absolute atomic E-state index is 11.1. The van der Waals surface area contributed by atoms with E-state index in [1.165, 1.54) is 6.08 Å². The van der Waals surface area contributed by atoms with Crippen molar-refractivity contribution in [3.63, 3.8) is 0 Å². The largest absolute Gasteiger partial charge is 0.478 e. The first kappa shape index (κ1) is 19.7. The van der Waals surface area contributed by atoms with Gasteiger partial charge in [0.15, 0.2) is 0 Å². The fraction of sp³-hybridized carbons (Fsp3) is 0.600. The molecule has 0 saturated heterocycles. The van der Waals surface area contributed by atoms with Gasteiger partial charge in [0.2, 0.25) is 5.91 Å². The highest BCUT2D eigenvalue weighted by molar-refractivity contribution is 6.26. The lowest BCUT2D eigenvalue weighted by atomic mass is 9.95. The lowest BCUT2D eigenvalue weighted by Crippen LogP contribution is -2.35. The molecule has 1 rings (SSSR count). The first-order chi connectivity index (χ1) is 9.94. The van der Waals surface area contributed by atoms with Gasteiger partial charge in [-0.3, -0.25) is 4.79 Å². The Balaban J connectivity index is 0.000000567. The number of carbonyl (C=O) groups excluding carboxylic acids is 1. The molecular weight excluding hydrogens is 294 g/mol. The third-order valence-corrected chi connectivity index (χ3v) is 3.31. The Morgan fingerprint density at radius 1 is 1.48 bits per heavy atom. The number of nitrogens with one attached hydrogen (secondary N) is 1. The summed E-state index contributed by atoms with van der Waals surface area (Å²) in [6.45, 7) is 3.96. The SMILES string of the molecule is CCC(O)CC.O=C(/C=C/Cl)NC1CC=C(C(=O)O)CC1. The molecule has 1 amide bonds. The molecule has 1 unspecified atom stereocenters. The number of hydrogen-bond acceptors (Lipinski definition) is 3. The minimum Gasteiger partial charge on any atom is -0.478 e. The maximum Gasteiger partial charge on any atom is 0.331 e. The molecule has 0 spiro atoms. The molecular formula is C15H24ClNO4. The molecule has 1 aliphatic carbocycles. The second-order valence-corrected chi connectivity index (χ2v) is 5.03. The Kier molecular flexibility index (Phi) is 10.6. The summed E-state index contributed by atoms with van der Waals surface area (Å²) in [5.41, 5.74) is 1.57. The second kappa shape index (κ2) is 11.3. The minimum atomic E-state index is -0.875. The van der Waals surface area contributed by atoms with Crippen molar-refractivity contribution in [2.45, 2.75) is 58.1 Å². The molecule has 0 aromatic rings. The molecule has 0 saturated carbocycles. The van der Waals surface area contributed by atoms with E-state index in [0.717, 1.165) is 18.4 Å². The number of rotatable bonds is 5. The van der Waals surface area contributed by atoms with Crippen molar-refractivity contribution in [2.24, 2.45) is 0 Å². The lowest BCUT2D eigenvalue weighted by Gasteiger charge is -2.20. The quantitative estimate of drug-likeness (QED) is 0.680. The van der Waals surface area contributed by atoms with Crippen LogP contribution in [0, 0.1) is 0 Å². The molecule has 0 bridgehead atoms. The van der Waals surface area contributed by atoms with Gasteiger partial charge in [-0.1, -0.05) is 31.5 Å². The molecule has 6 heteroatoms. The first-order valence-electron chi connectivity index (χ1n) is 7.12. The van der Waals surface area contributed by atoms with Crippen molar-refractivity contribution in [1.29, 1.82) is 0 Å². The van der Waals surface area contributed by atoms with Crippen LogP contribution in [0.2, 0.25) is 0 Å². The maximum atomic E-state index is 11.1. The monoisotopic (exact) mass is 317 g/mol. The summed E-state index contributed by atoms with van der Waals surface area (Å²) in [6, 6.07) is 0.00784. The van der Waals surface area contributed by atoms with Crippen molar-refractivity contribution < 1.29 is 19.8 Å². The highest BCUT2D eigenvalue weighted by Crippen LogP contribution is 2.18. The van der Waals surface area contributed by atoms with Crippen LogP contribution < -0.4 is 5.32 Å². The molecule has 0 radical (unpaired) electrons. The molecule has 5 nitrogen and oxygen atoms in total. The van der Waals surface area contributed by atoms with Crippen LogP contribution in [0.15, 0.2) is 23.3 Å². The standard InChI is InChI=1S/C10H12ClNO3.C5H12O/c11-6-5-9(13)12-8-3-1-7(2-4-8)10(14)15;1-3-5(6)4-2/h1,5-6,8H,2-4H2,(H,12,13)(H,14,15);5-6H,3-4H2,1-2H3/b6-5+;. The molecule has 0 aromatic heterocycles. The van der Waals surface area contributed by atoms with E-state index < -0.39 is 5.97 Å². The van der Waals surface area contributed by atoms with Gasteiger partial charge in [0.05, 0.1) is 6.10 Å². The Bertz CT molecular complexity index is 389. The van der Waals surface area contributed by atoms with Crippen molar-refractivity contribution in [1.82, 2.24) is 5.32 Å². The van der Waals surface area contributed by atoms with Crippen molar-refractivity contribution in [3.8, 4) is 0 Å². The zero-order valence-corrected chi connectivity index (χ0v) is 13.3. The van der Waals surface area contributed by atoms with Gasteiger partial charge in [-0.25, -0.2) is 4.79 Å². The number of aliphatic hydroxyl groups is 1. The number of hydrogen-bond donors (Lipinski definition) is 3. The van der Waals surface area contributed by atoms with Gasteiger partial charge in [-0.05, 0) is 32.1 Å². The normalized spacial score (nSPS) is 18.0. The predicted molar refractivity (Wildman–Crippen MR) is 83.1 cm³/mol. The van der Waals surface area contributed by atoms with Crippen molar-refractivity contribution in [3.05, 3.63) is 23.3 Å². The molecule has 21 heavy (non-hydrogen) atoms. The van der Waals surface area contributed by atoms with E-state index in [4.69, 9.17) is 21.8 Å². The Labute approximate surface area is 130 Å². The number of amides is 1. The Hall–Kier alpha value is -1.33. The Morgan fingerprint density at radius 3 is 2.43 bits per heavy atom. The van der Waals surface area contributed by atoms with E-state index in [9.17, 15) is 9.59 Å². The van der Waals surface area contributed by atoms with Gasteiger partial charge >= 0.3 is 5.97 Å². The number of carbonyl (C=O) groups is 2. The van der Waals surface area contributed by atoms with E-state index >= 15 is 0 Å². The molecule has 1 aliphatic rings. The van der Waals surface area contributed by atoms with Crippen LogP contribution in [0.3, 0.4) is 0 Å². The number of carboxylic acid groups (broad SMARTS) is 1. The van der Waals surface area contributed by atoms with Gasteiger partial charge in [0, 0.05) is 23.2 Å². The summed E-state index contributed by atoms with van der Waals surface area (Å²) in [7, 11) is 0. The minimum absolute atomic E-state index is 0.00784. The van der Waals surface area contributed by atoms with E-state index in [0.29, 0.717) is 24.8 Å². The smallest absolute Gasteiger partial charge is 0.331 e. The number of aliphatic carboxylic acids is 1. The van der Waals surface area contributed by atoms with E-state index in [1.54, 1.807) is 6.08 Å². The summed E-state index contributed by atoms with van der Waals surface area (Å²) < 4.78 is 0. The molecule has 3 N–H and O–H groups in total. The summed E-state index contributed by atoms with van der Waals surface area (Å²) in [5.74, 6) is -1.12. The molecule has 0 aliphatic heterocycles. The van der Waals surface area contributed by atoms with Crippen LogP contribution in [0.5, 0.6) is 0 Å². The average molecular weight is 318 g/mol. The van der Waals surface area contributed by atoms with Gasteiger partial charge in [-0.2, -0.15) is 0 Å². The molecule has 120 valence electrons. The average Bonchev–Trinajstić information content (AvgIpc) is 2.47. The Morgan fingerprint density at radius 2 is 2.10 bits per heavy atom. The highest BCUT2D eigenvalue weighted by atomic mass is 35.5. The van der Waals surface area contributed by atoms with Crippen LogP contribution in [-0.4, -0.2) is 34.2 Å². The van der Waals surface area contributed by atoms with Crippen LogP contribution >= 0.6 is 11.6 Å². The van der Waals surface area contributed by atoms with Crippen molar-refractivity contribution >= 4 is 23.5 Å². The van der Waals surface area contributed by atoms with Crippen molar-refractivity contribution in [2.75, 3.05) is 0 Å². The summed E-state index contributed by atoms with van der Waals surface area (Å²) >= 11 is 5.25. The van der Waals surface area contributed by atoms with Gasteiger partial charge in [0.25, 0.3) is 0 Å². The van der Waals surface area contributed by atoms with Gasteiger partial charge < -0.3 is 15.5 Å². The van der Waals surface area contributed by atoms with Crippen LogP contribution in [-0.2, 0) is 9.59 Å². The number of halogens is 1. The first-order valence-corrected chi connectivity index (χ1v) is 7.55.